The van der Waals surface area contributed by atoms with Crippen LogP contribution in [-0.2, 0) is 20.0 Å². The van der Waals surface area contributed by atoms with E-state index in [1.165, 1.54) is 42.5 Å². The van der Waals surface area contributed by atoms with Crippen LogP contribution in [0.3, 0.4) is 0 Å². The van der Waals surface area contributed by atoms with Gasteiger partial charge in [-0.25, -0.2) is 16.8 Å². The molecule has 0 atom stereocenters. The van der Waals surface area contributed by atoms with Gasteiger partial charge in [-0.15, -0.1) is 0 Å². The standard InChI is InChI=1S/C29H29N3O5S2/c1-19-5-13-26(14-6-19)39(36,37)32-28-18-23(9-7-21(28)3)29(33)30-24-11-15-27(16-12-24)38(34,35)31-25-10-8-20(2)22(4)17-25/h5-18,31-32H,1-4H3,(H,30,33). The number of sulfonamides is 2. The Morgan fingerprint density at radius 1 is 0.564 bits per heavy atom. The average Bonchev–Trinajstić information content (AvgIpc) is 2.88. The molecule has 0 saturated heterocycles. The van der Waals surface area contributed by atoms with Crippen LogP contribution in [0.4, 0.5) is 17.1 Å². The van der Waals surface area contributed by atoms with E-state index in [9.17, 15) is 21.6 Å². The molecule has 0 saturated carbocycles. The van der Waals surface area contributed by atoms with Crippen LogP contribution in [0.25, 0.3) is 0 Å². The number of rotatable bonds is 8. The normalized spacial score (nSPS) is 11.6. The van der Waals surface area contributed by atoms with Gasteiger partial charge in [-0.05, 0) is 105 Å². The topological polar surface area (TPSA) is 121 Å². The highest BCUT2D eigenvalue weighted by atomic mass is 32.2. The molecule has 0 fully saturated rings. The molecule has 1 amide bonds. The first-order chi connectivity index (χ1) is 18.3. The van der Waals surface area contributed by atoms with Crippen LogP contribution in [0.2, 0.25) is 0 Å². The van der Waals surface area contributed by atoms with E-state index in [1.54, 1.807) is 43.3 Å². The zero-order valence-corrected chi connectivity index (χ0v) is 23.6. The van der Waals surface area contributed by atoms with Gasteiger partial charge < -0.3 is 5.32 Å². The molecule has 0 aliphatic rings. The Kier molecular flexibility index (Phi) is 7.80. The monoisotopic (exact) mass is 563 g/mol. The minimum absolute atomic E-state index is 0.0434. The summed E-state index contributed by atoms with van der Waals surface area (Å²) in [5.41, 5.74) is 4.96. The summed E-state index contributed by atoms with van der Waals surface area (Å²) < 4.78 is 56.4. The lowest BCUT2D eigenvalue weighted by Crippen LogP contribution is -2.16. The highest BCUT2D eigenvalue weighted by molar-refractivity contribution is 7.93. The molecule has 0 aliphatic carbocycles. The zero-order chi connectivity index (χ0) is 28.4. The van der Waals surface area contributed by atoms with E-state index < -0.39 is 26.0 Å². The molecule has 0 radical (unpaired) electrons. The molecule has 39 heavy (non-hydrogen) atoms. The number of carbonyl (C=O) groups is 1. The van der Waals surface area contributed by atoms with Crippen molar-refractivity contribution in [3.05, 3.63) is 113 Å². The van der Waals surface area contributed by atoms with Crippen molar-refractivity contribution in [2.75, 3.05) is 14.8 Å². The van der Waals surface area contributed by atoms with E-state index >= 15 is 0 Å². The quantitative estimate of drug-likeness (QED) is 0.251. The molecular formula is C29H29N3O5S2. The van der Waals surface area contributed by atoms with Crippen LogP contribution in [0.15, 0.2) is 94.7 Å². The number of benzene rings is 4. The van der Waals surface area contributed by atoms with E-state index in [1.807, 2.05) is 26.8 Å². The molecule has 0 aromatic heterocycles. The molecule has 8 nitrogen and oxygen atoms in total. The number of hydrogen-bond donors (Lipinski definition) is 3. The van der Waals surface area contributed by atoms with Crippen LogP contribution >= 0.6 is 0 Å². The summed E-state index contributed by atoms with van der Waals surface area (Å²) in [5, 5.41) is 2.72. The maximum Gasteiger partial charge on any atom is 0.261 e. The minimum Gasteiger partial charge on any atom is -0.322 e. The maximum absolute atomic E-state index is 12.9. The van der Waals surface area contributed by atoms with E-state index in [-0.39, 0.29) is 21.0 Å². The van der Waals surface area contributed by atoms with Crippen molar-refractivity contribution in [3.8, 4) is 0 Å². The van der Waals surface area contributed by atoms with Crippen LogP contribution in [0.1, 0.15) is 32.6 Å². The third-order valence-corrected chi connectivity index (χ3v) is 9.04. The van der Waals surface area contributed by atoms with Crippen molar-refractivity contribution in [1.29, 1.82) is 0 Å². The predicted octanol–water partition coefficient (Wildman–Crippen LogP) is 5.77. The molecule has 0 unspecified atom stereocenters. The maximum atomic E-state index is 12.9. The highest BCUT2D eigenvalue weighted by Crippen LogP contribution is 2.24. The second-order valence-corrected chi connectivity index (χ2v) is 12.7. The first kappa shape index (κ1) is 27.9. The molecule has 3 N–H and O–H groups in total. The van der Waals surface area contributed by atoms with Gasteiger partial charge in [0.1, 0.15) is 0 Å². The van der Waals surface area contributed by atoms with Crippen LogP contribution in [0, 0.1) is 27.7 Å². The van der Waals surface area contributed by atoms with E-state index in [2.05, 4.69) is 14.8 Å². The van der Waals surface area contributed by atoms with Gasteiger partial charge in [0.15, 0.2) is 0 Å². The van der Waals surface area contributed by atoms with Crippen molar-refractivity contribution < 1.29 is 21.6 Å². The van der Waals surface area contributed by atoms with Gasteiger partial charge in [-0.2, -0.15) is 0 Å². The highest BCUT2D eigenvalue weighted by Gasteiger charge is 2.18. The van der Waals surface area contributed by atoms with Gasteiger partial charge in [0.2, 0.25) is 0 Å². The number of hydrogen-bond acceptors (Lipinski definition) is 5. The van der Waals surface area contributed by atoms with Crippen LogP contribution in [-0.4, -0.2) is 22.7 Å². The van der Waals surface area contributed by atoms with Gasteiger partial charge in [-0.3, -0.25) is 14.2 Å². The summed E-state index contributed by atoms with van der Waals surface area (Å²) in [7, 11) is -7.67. The lowest BCUT2D eigenvalue weighted by Gasteiger charge is -2.13. The lowest BCUT2D eigenvalue weighted by molar-refractivity contribution is 0.102. The van der Waals surface area contributed by atoms with Crippen molar-refractivity contribution in [3.63, 3.8) is 0 Å². The molecule has 4 rings (SSSR count). The molecule has 0 aliphatic heterocycles. The zero-order valence-electron chi connectivity index (χ0n) is 21.9. The van der Waals surface area contributed by atoms with Crippen LogP contribution < -0.4 is 14.8 Å². The SMILES string of the molecule is Cc1ccc(S(=O)(=O)Nc2cc(C(=O)Nc3ccc(S(=O)(=O)Nc4ccc(C)c(C)c4)cc3)ccc2C)cc1. The summed E-state index contributed by atoms with van der Waals surface area (Å²) in [6.45, 7) is 7.45. The van der Waals surface area contributed by atoms with Crippen molar-refractivity contribution in [1.82, 2.24) is 0 Å². The Morgan fingerprint density at radius 2 is 1.10 bits per heavy atom. The largest absolute Gasteiger partial charge is 0.322 e. The molecule has 0 spiro atoms. The van der Waals surface area contributed by atoms with Gasteiger partial charge in [0.25, 0.3) is 26.0 Å². The Morgan fingerprint density at radius 3 is 1.72 bits per heavy atom. The number of carbonyl (C=O) groups excluding carboxylic acids is 1. The number of amides is 1. The summed E-state index contributed by atoms with van der Waals surface area (Å²) >= 11 is 0. The summed E-state index contributed by atoms with van der Waals surface area (Å²) in [5.74, 6) is -0.477. The second-order valence-electron chi connectivity index (χ2n) is 9.33. The van der Waals surface area contributed by atoms with Crippen LogP contribution in [0.5, 0.6) is 0 Å². The van der Waals surface area contributed by atoms with E-state index in [0.717, 1.165) is 16.7 Å². The second kappa shape index (κ2) is 10.9. The summed E-state index contributed by atoms with van der Waals surface area (Å²) in [4.78, 5) is 13.1. The fourth-order valence-corrected chi connectivity index (χ4v) is 5.91. The van der Waals surface area contributed by atoms with E-state index in [0.29, 0.717) is 16.9 Å². The average molecular weight is 564 g/mol. The van der Waals surface area contributed by atoms with Crippen molar-refractivity contribution in [2.24, 2.45) is 0 Å². The molecule has 4 aromatic rings. The molecule has 10 heteroatoms. The molecule has 0 bridgehead atoms. The van der Waals surface area contributed by atoms with Crippen molar-refractivity contribution >= 4 is 43.0 Å². The predicted molar refractivity (Wildman–Crippen MR) is 154 cm³/mol. The third-order valence-electron chi connectivity index (χ3n) is 6.26. The van der Waals surface area contributed by atoms with Gasteiger partial charge in [-0.1, -0.05) is 29.8 Å². The van der Waals surface area contributed by atoms with Gasteiger partial charge in [0.05, 0.1) is 15.5 Å². The van der Waals surface area contributed by atoms with E-state index in [4.69, 9.17) is 0 Å². The first-order valence-corrected chi connectivity index (χ1v) is 15.0. The Labute approximate surface area is 229 Å². The Balaban J connectivity index is 1.47. The van der Waals surface area contributed by atoms with Crippen molar-refractivity contribution in [2.45, 2.75) is 37.5 Å². The number of anilines is 3. The fourth-order valence-electron chi connectivity index (χ4n) is 3.73. The first-order valence-electron chi connectivity index (χ1n) is 12.1. The lowest BCUT2D eigenvalue weighted by atomic mass is 10.1. The molecule has 202 valence electrons. The number of nitrogens with one attached hydrogen (secondary N) is 3. The van der Waals surface area contributed by atoms with Gasteiger partial charge in [0, 0.05) is 16.9 Å². The molecular weight excluding hydrogens is 534 g/mol. The minimum atomic E-state index is -3.84. The molecule has 4 aromatic carbocycles. The smallest absolute Gasteiger partial charge is 0.261 e. The Bertz CT molecular complexity index is 1750. The summed E-state index contributed by atoms with van der Waals surface area (Å²) in [6, 6.07) is 22.2. The third kappa shape index (κ3) is 6.65. The Hall–Kier alpha value is -4.15. The van der Waals surface area contributed by atoms with Gasteiger partial charge >= 0.3 is 0 Å². The fraction of sp³-hybridized carbons (Fsp3) is 0.138. The molecule has 0 heterocycles. The summed E-state index contributed by atoms with van der Waals surface area (Å²) in [6.07, 6.45) is 0. The number of aryl methyl sites for hydroxylation is 4.